The van der Waals surface area contributed by atoms with Crippen LogP contribution >= 0.6 is 22.6 Å². The Morgan fingerprint density at radius 3 is 1.84 bits per heavy atom. The Bertz CT molecular complexity index is 647. The molecule has 2 aromatic carbocycles. The first kappa shape index (κ1) is 13.5. The first-order valence-corrected chi connectivity index (χ1v) is 6.43. The molecule has 0 aliphatic rings. The first-order valence-electron chi connectivity index (χ1n) is 5.35. The predicted molar refractivity (Wildman–Crippen MR) is 78.5 cm³/mol. The monoisotopic (exact) mass is 368 g/mol. The molecule has 2 aromatic rings. The summed E-state index contributed by atoms with van der Waals surface area (Å²) in [5.74, 6) is -1.94. The topological polar surface area (TPSA) is 74.6 Å². The van der Waals surface area contributed by atoms with E-state index in [9.17, 15) is 9.59 Å². The van der Waals surface area contributed by atoms with Gasteiger partial charge in [-0.05, 0) is 58.0 Å². The van der Waals surface area contributed by atoms with Crippen molar-refractivity contribution in [2.75, 3.05) is 0 Å². The van der Waals surface area contributed by atoms with Gasteiger partial charge < -0.3 is 10.2 Å². The number of carboxylic acid groups (broad SMARTS) is 2. The largest absolute Gasteiger partial charge is 0.478 e. The molecule has 0 amide bonds. The SMILES string of the molecule is O=C(O)c1ccc(-c2ccc(C(=O)O)cc2I)cc1. The Kier molecular flexibility index (Phi) is 3.84. The van der Waals surface area contributed by atoms with E-state index in [-0.39, 0.29) is 11.1 Å². The molecule has 0 unspecified atom stereocenters. The smallest absolute Gasteiger partial charge is 0.335 e. The number of hydrogen-bond donors (Lipinski definition) is 2. The van der Waals surface area contributed by atoms with Gasteiger partial charge in [0.2, 0.25) is 0 Å². The molecule has 0 spiro atoms. The zero-order valence-corrected chi connectivity index (χ0v) is 11.8. The van der Waals surface area contributed by atoms with Crippen molar-refractivity contribution in [3.05, 3.63) is 57.2 Å². The van der Waals surface area contributed by atoms with Crippen molar-refractivity contribution in [1.82, 2.24) is 0 Å². The quantitative estimate of drug-likeness (QED) is 0.815. The summed E-state index contributed by atoms with van der Waals surface area (Å²) in [7, 11) is 0. The number of carbonyl (C=O) groups is 2. The second kappa shape index (κ2) is 5.40. The average Bonchev–Trinajstić information content (AvgIpc) is 2.38. The van der Waals surface area contributed by atoms with Crippen molar-refractivity contribution in [3.8, 4) is 11.1 Å². The Labute approximate surface area is 122 Å². The van der Waals surface area contributed by atoms with E-state index < -0.39 is 11.9 Å². The van der Waals surface area contributed by atoms with Crippen molar-refractivity contribution in [1.29, 1.82) is 0 Å². The second-order valence-electron chi connectivity index (χ2n) is 3.88. The van der Waals surface area contributed by atoms with E-state index in [1.54, 1.807) is 24.3 Å². The van der Waals surface area contributed by atoms with E-state index in [0.29, 0.717) is 0 Å². The summed E-state index contributed by atoms with van der Waals surface area (Å²) in [4.78, 5) is 21.6. The molecule has 0 aliphatic carbocycles. The molecule has 0 atom stereocenters. The van der Waals surface area contributed by atoms with Crippen LogP contribution in [0.1, 0.15) is 20.7 Å². The molecule has 0 fully saturated rings. The van der Waals surface area contributed by atoms with Crippen LogP contribution in [-0.4, -0.2) is 22.2 Å². The van der Waals surface area contributed by atoms with E-state index in [4.69, 9.17) is 10.2 Å². The molecule has 4 nitrogen and oxygen atoms in total. The third-order valence-corrected chi connectivity index (χ3v) is 3.55. The second-order valence-corrected chi connectivity index (χ2v) is 5.04. The summed E-state index contributed by atoms with van der Waals surface area (Å²) in [6, 6.07) is 11.3. The van der Waals surface area contributed by atoms with Crippen LogP contribution < -0.4 is 0 Å². The van der Waals surface area contributed by atoms with Crippen LogP contribution in [-0.2, 0) is 0 Å². The van der Waals surface area contributed by atoms with E-state index in [1.165, 1.54) is 18.2 Å². The lowest BCUT2D eigenvalue weighted by Crippen LogP contribution is -1.98. The van der Waals surface area contributed by atoms with Gasteiger partial charge in [0.1, 0.15) is 0 Å². The van der Waals surface area contributed by atoms with Gasteiger partial charge in [-0.25, -0.2) is 9.59 Å². The highest BCUT2D eigenvalue weighted by molar-refractivity contribution is 14.1. The van der Waals surface area contributed by atoms with Gasteiger partial charge in [-0.1, -0.05) is 18.2 Å². The zero-order chi connectivity index (χ0) is 14.0. The molecule has 0 heterocycles. The van der Waals surface area contributed by atoms with Gasteiger partial charge in [0.15, 0.2) is 0 Å². The molecule has 2 N–H and O–H groups in total. The summed E-state index contributed by atoms with van der Waals surface area (Å²) < 4.78 is 0.806. The van der Waals surface area contributed by atoms with Crippen molar-refractivity contribution in [2.45, 2.75) is 0 Å². The van der Waals surface area contributed by atoms with Gasteiger partial charge in [-0.3, -0.25) is 0 Å². The Morgan fingerprint density at radius 2 is 1.37 bits per heavy atom. The molecular formula is C14H9IO4. The summed E-state index contributed by atoms with van der Waals surface area (Å²) in [5.41, 5.74) is 2.19. The molecule has 5 heteroatoms. The van der Waals surface area contributed by atoms with Gasteiger partial charge in [0, 0.05) is 3.57 Å². The fourth-order valence-corrected chi connectivity index (χ4v) is 2.50. The van der Waals surface area contributed by atoms with Gasteiger partial charge in [-0.2, -0.15) is 0 Å². The Balaban J connectivity index is 2.41. The highest BCUT2D eigenvalue weighted by atomic mass is 127. The van der Waals surface area contributed by atoms with E-state index in [2.05, 4.69) is 22.6 Å². The van der Waals surface area contributed by atoms with Crippen LogP contribution in [0.5, 0.6) is 0 Å². The standard InChI is InChI=1S/C14H9IO4/c15-12-7-10(14(18)19)5-6-11(12)8-1-3-9(4-2-8)13(16)17/h1-7H,(H,16,17)(H,18,19). The van der Waals surface area contributed by atoms with Crippen LogP contribution in [0.25, 0.3) is 11.1 Å². The highest BCUT2D eigenvalue weighted by Gasteiger charge is 2.09. The van der Waals surface area contributed by atoms with Crippen molar-refractivity contribution in [2.24, 2.45) is 0 Å². The Hall–Kier alpha value is -1.89. The number of rotatable bonds is 3. The average molecular weight is 368 g/mol. The molecule has 2 rings (SSSR count). The lowest BCUT2D eigenvalue weighted by Gasteiger charge is -2.06. The third kappa shape index (κ3) is 2.93. The maximum absolute atomic E-state index is 10.9. The third-order valence-electron chi connectivity index (χ3n) is 2.66. The zero-order valence-electron chi connectivity index (χ0n) is 9.63. The van der Waals surface area contributed by atoms with Crippen LogP contribution in [0.3, 0.4) is 0 Å². The molecule has 96 valence electrons. The molecular weight excluding hydrogens is 359 g/mol. The fourth-order valence-electron chi connectivity index (χ4n) is 1.67. The van der Waals surface area contributed by atoms with Gasteiger partial charge in [-0.15, -0.1) is 0 Å². The molecule has 0 bridgehead atoms. The first-order chi connectivity index (χ1) is 8.99. The van der Waals surface area contributed by atoms with Gasteiger partial charge >= 0.3 is 11.9 Å². The van der Waals surface area contributed by atoms with Crippen molar-refractivity contribution >= 4 is 34.5 Å². The number of benzene rings is 2. The molecule has 0 saturated heterocycles. The van der Waals surface area contributed by atoms with E-state index >= 15 is 0 Å². The number of hydrogen-bond acceptors (Lipinski definition) is 2. The van der Waals surface area contributed by atoms with Gasteiger partial charge in [0.25, 0.3) is 0 Å². The maximum Gasteiger partial charge on any atom is 0.335 e. The van der Waals surface area contributed by atoms with E-state index in [1.807, 2.05) is 0 Å². The van der Waals surface area contributed by atoms with Gasteiger partial charge in [0.05, 0.1) is 11.1 Å². The maximum atomic E-state index is 10.9. The van der Waals surface area contributed by atoms with Crippen LogP contribution in [0.2, 0.25) is 0 Å². The lowest BCUT2D eigenvalue weighted by molar-refractivity contribution is 0.0686. The minimum atomic E-state index is -0.970. The van der Waals surface area contributed by atoms with Crippen LogP contribution in [0, 0.1) is 3.57 Å². The number of halogens is 1. The van der Waals surface area contributed by atoms with Crippen molar-refractivity contribution in [3.63, 3.8) is 0 Å². The van der Waals surface area contributed by atoms with Crippen molar-refractivity contribution < 1.29 is 19.8 Å². The normalized spacial score (nSPS) is 10.2. The number of carboxylic acids is 2. The minimum absolute atomic E-state index is 0.223. The highest BCUT2D eigenvalue weighted by Crippen LogP contribution is 2.26. The molecule has 0 radical (unpaired) electrons. The van der Waals surface area contributed by atoms with Crippen LogP contribution in [0.4, 0.5) is 0 Å². The number of aromatic carboxylic acids is 2. The predicted octanol–water partition coefficient (Wildman–Crippen LogP) is 3.35. The summed E-state index contributed by atoms with van der Waals surface area (Å²) in [6.45, 7) is 0. The molecule has 0 aliphatic heterocycles. The molecule has 19 heavy (non-hydrogen) atoms. The Morgan fingerprint density at radius 1 is 0.842 bits per heavy atom. The summed E-state index contributed by atoms with van der Waals surface area (Å²) in [6.07, 6.45) is 0. The van der Waals surface area contributed by atoms with Crippen LogP contribution in [0.15, 0.2) is 42.5 Å². The minimum Gasteiger partial charge on any atom is -0.478 e. The molecule has 0 aromatic heterocycles. The van der Waals surface area contributed by atoms with E-state index in [0.717, 1.165) is 14.7 Å². The molecule has 0 saturated carbocycles. The lowest BCUT2D eigenvalue weighted by atomic mass is 10.0. The summed E-state index contributed by atoms with van der Waals surface area (Å²) in [5, 5.41) is 17.7. The fraction of sp³-hybridized carbons (Fsp3) is 0. The summed E-state index contributed by atoms with van der Waals surface area (Å²) >= 11 is 2.07.